The summed E-state index contributed by atoms with van der Waals surface area (Å²) in [6.07, 6.45) is 0.470. The summed E-state index contributed by atoms with van der Waals surface area (Å²) in [4.78, 5) is 23.0. The molecule has 0 saturated carbocycles. The molecular weight excluding hydrogens is 450 g/mol. The van der Waals surface area contributed by atoms with Crippen molar-refractivity contribution in [2.45, 2.75) is 25.2 Å². The minimum absolute atomic E-state index is 0. The number of benzene rings is 2. The smallest absolute Gasteiger partial charge is 0.229 e. The van der Waals surface area contributed by atoms with Gasteiger partial charge in [-0.25, -0.2) is 4.98 Å². The number of likely N-dealkylation sites (N-methyl/N-ethyl adjacent to an activating group) is 1. The first-order chi connectivity index (χ1) is 14.4. The molecule has 0 radical (unpaired) electrons. The van der Waals surface area contributed by atoms with Gasteiger partial charge >= 0.3 is 0 Å². The maximum absolute atomic E-state index is 13.1. The number of hydrogen-bond donors (Lipinski definition) is 0. The quantitative estimate of drug-likeness (QED) is 0.383. The second kappa shape index (κ2) is 11.7. The molecule has 0 aliphatic carbocycles. The number of ether oxygens (including phenoxy) is 1. The number of nitrogens with zero attached hydrogens (tertiary/aromatic N) is 3. The Labute approximate surface area is 199 Å². The van der Waals surface area contributed by atoms with E-state index in [9.17, 15) is 4.79 Å². The number of carbonyl (C=O) groups excluding carboxylic acids is 1. The minimum Gasteiger partial charge on any atom is -0.497 e. The lowest BCUT2D eigenvalue weighted by atomic mass is 10.1. The number of aryl methyl sites for hydroxylation is 2. The second-order valence-corrected chi connectivity index (χ2v) is 9.70. The average molecular weight is 480 g/mol. The van der Waals surface area contributed by atoms with E-state index in [4.69, 9.17) is 9.72 Å². The van der Waals surface area contributed by atoms with Crippen LogP contribution in [0.25, 0.3) is 10.2 Å². The van der Waals surface area contributed by atoms with Gasteiger partial charge in [0.15, 0.2) is 5.13 Å². The number of thioether (sulfide) groups is 1. The molecular formula is C23H30ClN3O2S2. The van der Waals surface area contributed by atoms with E-state index in [2.05, 4.69) is 30.9 Å². The van der Waals surface area contributed by atoms with Gasteiger partial charge in [-0.15, -0.1) is 24.2 Å². The molecule has 0 saturated heterocycles. The lowest BCUT2D eigenvalue weighted by Crippen LogP contribution is -2.36. The van der Waals surface area contributed by atoms with Crippen molar-refractivity contribution in [2.75, 3.05) is 44.9 Å². The van der Waals surface area contributed by atoms with Crippen LogP contribution < -0.4 is 9.64 Å². The number of methoxy groups -OCH3 is 1. The van der Waals surface area contributed by atoms with Gasteiger partial charge in [0, 0.05) is 30.2 Å². The van der Waals surface area contributed by atoms with Crippen molar-refractivity contribution < 1.29 is 9.53 Å². The molecule has 1 aromatic heterocycles. The first kappa shape index (κ1) is 25.5. The van der Waals surface area contributed by atoms with Crippen molar-refractivity contribution in [1.29, 1.82) is 0 Å². The number of aromatic nitrogens is 1. The third kappa shape index (κ3) is 6.84. The molecule has 5 nitrogen and oxygen atoms in total. The van der Waals surface area contributed by atoms with E-state index < -0.39 is 0 Å². The average Bonchev–Trinajstić information content (AvgIpc) is 3.11. The van der Waals surface area contributed by atoms with Crippen LogP contribution in [0.1, 0.15) is 17.5 Å². The van der Waals surface area contributed by atoms with Crippen LogP contribution in [0.15, 0.2) is 41.3 Å². The second-order valence-electron chi connectivity index (χ2n) is 7.52. The van der Waals surface area contributed by atoms with Gasteiger partial charge in [-0.1, -0.05) is 11.3 Å². The van der Waals surface area contributed by atoms with Crippen LogP contribution in [0, 0.1) is 13.8 Å². The fourth-order valence-electron chi connectivity index (χ4n) is 2.97. The molecule has 3 aromatic rings. The molecule has 31 heavy (non-hydrogen) atoms. The molecule has 1 amide bonds. The number of amides is 1. The van der Waals surface area contributed by atoms with Gasteiger partial charge in [-0.2, -0.15) is 0 Å². The minimum atomic E-state index is 0. The van der Waals surface area contributed by atoms with E-state index in [1.807, 2.05) is 43.3 Å². The number of halogens is 1. The van der Waals surface area contributed by atoms with Crippen molar-refractivity contribution in [3.63, 3.8) is 0 Å². The third-order valence-electron chi connectivity index (χ3n) is 4.94. The van der Waals surface area contributed by atoms with E-state index in [1.165, 1.54) is 11.1 Å². The molecule has 0 unspecified atom stereocenters. The first-order valence-electron chi connectivity index (χ1n) is 9.97. The topological polar surface area (TPSA) is 45.7 Å². The van der Waals surface area contributed by atoms with Gasteiger partial charge in [-0.05, 0) is 75.5 Å². The monoisotopic (exact) mass is 479 g/mol. The molecule has 3 rings (SSSR count). The van der Waals surface area contributed by atoms with Crippen LogP contribution in [-0.2, 0) is 4.79 Å². The zero-order valence-electron chi connectivity index (χ0n) is 18.7. The normalized spacial score (nSPS) is 10.9. The van der Waals surface area contributed by atoms with Crippen molar-refractivity contribution in [3.8, 4) is 5.75 Å². The van der Waals surface area contributed by atoms with Crippen LogP contribution in [0.4, 0.5) is 5.13 Å². The van der Waals surface area contributed by atoms with Crippen molar-refractivity contribution in [2.24, 2.45) is 0 Å². The Balaban J connectivity index is 0.00000341. The molecule has 168 valence electrons. The predicted molar refractivity (Wildman–Crippen MR) is 136 cm³/mol. The molecule has 0 aliphatic heterocycles. The lowest BCUT2D eigenvalue weighted by Gasteiger charge is -2.22. The third-order valence-corrected chi connectivity index (χ3v) is 6.99. The van der Waals surface area contributed by atoms with Gasteiger partial charge in [0.05, 0.1) is 17.3 Å². The largest absolute Gasteiger partial charge is 0.497 e. The summed E-state index contributed by atoms with van der Waals surface area (Å²) in [5.74, 6) is 1.68. The number of thiazole rings is 1. The van der Waals surface area contributed by atoms with E-state index in [0.717, 1.165) is 38.3 Å². The maximum Gasteiger partial charge on any atom is 0.229 e. The molecule has 0 aliphatic rings. The molecule has 0 N–H and O–H groups in total. The van der Waals surface area contributed by atoms with Crippen LogP contribution in [-0.4, -0.2) is 55.8 Å². The van der Waals surface area contributed by atoms with Gasteiger partial charge in [0.25, 0.3) is 0 Å². The molecule has 0 bridgehead atoms. The van der Waals surface area contributed by atoms with E-state index in [0.29, 0.717) is 13.0 Å². The molecule has 8 heteroatoms. The van der Waals surface area contributed by atoms with Crippen molar-refractivity contribution >= 4 is 56.8 Å². The molecule has 0 fully saturated rings. The summed E-state index contributed by atoms with van der Waals surface area (Å²) < 4.78 is 6.33. The number of fused-ring (bicyclic) bond motifs is 1. The summed E-state index contributed by atoms with van der Waals surface area (Å²) in [6, 6.07) is 12.2. The molecule has 0 atom stereocenters. The fraction of sp³-hybridized carbons (Fsp3) is 0.391. The number of hydrogen-bond acceptors (Lipinski definition) is 6. The zero-order valence-corrected chi connectivity index (χ0v) is 21.1. The van der Waals surface area contributed by atoms with Crippen LogP contribution >= 0.6 is 35.5 Å². The highest BCUT2D eigenvalue weighted by Gasteiger charge is 2.20. The highest BCUT2D eigenvalue weighted by molar-refractivity contribution is 7.99. The molecule has 2 aromatic carbocycles. The van der Waals surface area contributed by atoms with Gasteiger partial charge in [-0.3, -0.25) is 9.69 Å². The van der Waals surface area contributed by atoms with E-state index in [-0.39, 0.29) is 18.3 Å². The van der Waals surface area contributed by atoms with Gasteiger partial charge in [0.1, 0.15) is 5.75 Å². The summed E-state index contributed by atoms with van der Waals surface area (Å²) in [5.41, 5.74) is 3.44. The van der Waals surface area contributed by atoms with Gasteiger partial charge < -0.3 is 9.64 Å². The first-order valence-corrected chi connectivity index (χ1v) is 11.8. The van der Waals surface area contributed by atoms with E-state index in [1.54, 1.807) is 30.2 Å². The van der Waals surface area contributed by atoms with Crippen LogP contribution in [0.2, 0.25) is 0 Å². The van der Waals surface area contributed by atoms with Crippen molar-refractivity contribution in [3.05, 3.63) is 47.5 Å². The summed E-state index contributed by atoms with van der Waals surface area (Å²) in [5, 5.41) is 0.788. The predicted octanol–water partition coefficient (Wildman–Crippen LogP) is 5.42. The van der Waals surface area contributed by atoms with Crippen LogP contribution in [0.3, 0.4) is 0 Å². The molecule has 0 spiro atoms. The Bertz CT molecular complexity index is 967. The highest BCUT2D eigenvalue weighted by atomic mass is 35.5. The highest BCUT2D eigenvalue weighted by Crippen LogP contribution is 2.31. The standard InChI is InChI=1S/C23H29N3O2S2.ClH/c1-16-14-20-21(15-17(16)2)30-23(24-20)26(12-11-25(3)4)22(27)10-13-29-19-8-6-18(28-5)7-9-19;/h6-9,14-15H,10-13H2,1-5H3;1H. The number of anilines is 1. The van der Waals surface area contributed by atoms with Crippen molar-refractivity contribution in [1.82, 2.24) is 9.88 Å². The Hall–Kier alpha value is -1.80. The van der Waals surface area contributed by atoms with Crippen LogP contribution in [0.5, 0.6) is 5.75 Å². The molecule has 1 heterocycles. The summed E-state index contributed by atoms with van der Waals surface area (Å²) in [6.45, 7) is 5.64. The SMILES string of the molecule is COc1ccc(SCCC(=O)N(CCN(C)C)c2nc3cc(C)c(C)cc3s2)cc1.Cl. The number of rotatable bonds is 9. The lowest BCUT2D eigenvalue weighted by molar-refractivity contribution is -0.118. The van der Waals surface area contributed by atoms with Gasteiger partial charge in [0.2, 0.25) is 5.91 Å². The summed E-state index contributed by atoms with van der Waals surface area (Å²) >= 11 is 3.28. The summed E-state index contributed by atoms with van der Waals surface area (Å²) in [7, 11) is 5.70. The zero-order chi connectivity index (χ0) is 21.7. The Morgan fingerprint density at radius 3 is 2.42 bits per heavy atom. The maximum atomic E-state index is 13.1. The number of carbonyl (C=O) groups is 1. The fourth-order valence-corrected chi connectivity index (χ4v) is 4.90. The Morgan fingerprint density at radius 2 is 1.77 bits per heavy atom. The Morgan fingerprint density at radius 1 is 1.10 bits per heavy atom. The van der Waals surface area contributed by atoms with E-state index >= 15 is 0 Å². The Kier molecular flexibility index (Phi) is 9.62.